The summed E-state index contributed by atoms with van der Waals surface area (Å²) in [5, 5.41) is 0. The van der Waals surface area contributed by atoms with E-state index in [1.807, 2.05) is 13.8 Å². The Kier molecular flexibility index (Phi) is 4.41. The molecule has 1 aliphatic rings. The van der Waals surface area contributed by atoms with Crippen LogP contribution in [0.4, 0.5) is 15.8 Å². The highest BCUT2D eigenvalue weighted by atomic mass is 19.1. The van der Waals surface area contributed by atoms with Crippen molar-refractivity contribution in [3.63, 3.8) is 0 Å². The zero-order valence-corrected chi connectivity index (χ0v) is 12.8. The van der Waals surface area contributed by atoms with Crippen molar-refractivity contribution in [2.24, 2.45) is 11.8 Å². The molecular formula is C16H25FN2O. The van der Waals surface area contributed by atoms with Gasteiger partial charge in [-0.2, -0.15) is 0 Å². The Morgan fingerprint density at radius 2 is 2.00 bits per heavy atom. The molecule has 2 unspecified atom stereocenters. The smallest absolute Gasteiger partial charge is 0.167 e. The number of nitrogens with zero attached hydrogens (tertiary/aromatic N) is 1. The quantitative estimate of drug-likeness (QED) is 0.858. The number of piperidine rings is 1. The molecule has 1 fully saturated rings. The van der Waals surface area contributed by atoms with Crippen LogP contribution in [0.15, 0.2) is 12.1 Å². The van der Waals surface area contributed by atoms with E-state index < -0.39 is 5.82 Å². The van der Waals surface area contributed by atoms with Crippen molar-refractivity contribution in [1.29, 1.82) is 0 Å². The van der Waals surface area contributed by atoms with Crippen molar-refractivity contribution in [2.45, 2.75) is 40.2 Å². The normalized spacial score (nSPS) is 23.2. The van der Waals surface area contributed by atoms with Crippen molar-refractivity contribution in [2.75, 3.05) is 23.7 Å². The van der Waals surface area contributed by atoms with E-state index >= 15 is 0 Å². The monoisotopic (exact) mass is 280 g/mol. The Morgan fingerprint density at radius 3 is 2.60 bits per heavy atom. The molecule has 2 atom stereocenters. The summed E-state index contributed by atoms with van der Waals surface area (Å²) in [7, 11) is 0. The number of anilines is 2. The van der Waals surface area contributed by atoms with E-state index in [2.05, 4.69) is 18.7 Å². The lowest BCUT2D eigenvalue weighted by Crippen LogP contribution is -2.38. The standard InChI is InChI=1S/C16H25FN2O/c1-10(2)20-16-8-15(14(18)7-13(16)17)19-6-5-11(3)12(4)9-19/h7-8,10-12H,5-6,9,18H2,1-4H3. The summed E-state index contributed by atoms with van der Waals surface area (Å²) in [6, 6.07) is 3.11. The molecule has 1 saturated heterocycles. The first-order chi connectivity index (χ1) is 9.38. The summed E-state index contributed by atoms with van der Waals surface area (Å²) in [4.78, 5) is 2.24. The lowest BCUT2D eigenvalue weighted by molar-refractivity contribution is 0.231. The van der Waals surface area contributed by atoms with Crippen molar-refractivity contribution >= 4 is 11.4 Å². The lowest BCUT2D eigenvalue weighted by atomic mass is 9.88. The molecule has 0 bridgehead atoms. The third kappa shape index (κ3) is 3.17. The van der Waals surface area contributed by atoms with Crippen LogP contribution in [0.2, 0.25) is 0 Å². The van der Waals surface area contributed by atoms with Crippen LogP contribution in [0, 0.1) is 17.7 Å². The van der Waals surface area contributed by atoms with Gasteiger partial charge in [-0.25, -0.2) is 4.39 Å². The second-order valence-corrected chi connectivity index (χ2v) is 6.20. The van der Waals surface area contributed by atoms with Gasteiger partial charge in [0.1, 0.15) is 0 Å². The van der Waals surface area contributed by atoms with Crippen LogP contribution in [-0.4, -0.2) is 19.2 Å². The molecule has 0 saturated carbocycles. The summed E-state index contributed by atoms with van der Waals surface area (Å²) >= 11 is 0. The highest BCUT2D eigenvalue weighted by molar-refractivity contribution is 5.70. The van der Waals surface area contributed by atoms with E-state index in [9.17, 15) is 4.39 Å². The fourth-order valence-electron chi connectivity index (χ4n) is 2.66. The minimum atomic E-state index is -0.390. The first kappa shape index (κ1) is 14.9. The Hall–Kier alpha value is -1.45. The van der Waals surface area contributed by atoms with Gasteiger partial charge in [0.05, 0.1) is 17.5 Å². The van der Waals surface area contributed by atoms with Crippen molar-refractivity contribution < 1.29 is 9.13 Å². The lowest BCUT2D eigenvalue weighted by Gasteiger charge is -2.37. The van der Waals surface area contributed by atoms with Crippen LogP contribution in [-0.2, 0) is 0 Å². The third-order valence-corrected chi connectivity index (χ3v) is 4.12. The number of nitrogens with two attached hydrogens (primary N) is 1. The summed E-state index contributed by atoms with van der Waals surface area (Å²) < 4.78 is 19.4. The molecule has 0 amide bonds. The molecule has 0 radical (unpaired) electrons. The molecule has 1 aromatic carbocycles. The zero-order valence-electron chi connectivity index (χ0n) is 12.8. The van der Waals surface area contributed by atoms with Gasteiger partial charge in [-0.05, 0) is 32.1 Å². The van der Waals surface area contributed by atoms with E-state index in [1.54, 1.807) is 6.07 Å². The first-order valence-corrected chi connectivity index (χ1v) is 7.39. The fourth-order valence-corrected chi connectivity index (χ4v) is 2.66. The van der Waals surface area contributed by atoms with E-state index in [0.29, 0.717) is 11.6 Å². The maximum atomic E-state index is 13.9. The fraction of sp³-hybridized carbons (Fsp3) is 0.625. The van der Waals surface area contributed by atoms with Gasteiger partial charge in [-0.3, -0.25) is 0 Å². The average Bonchev–Trinajstić information content (AvgIpc) is 2.36. The predicted molar refractivity (Wildman–Crippen MR) is 81.7 cm³/mol. The van der Waals surface area contributed by atoms with Gasteiger partial charge in [0, 0.05) is 25.2 Å². The van der Waals surface area contributed by atoms with Crippen molar-refractivity contribution in [1.82, 2.24) is 0 Å². The number of ether oxygens (including phenoxy) is 1. The first-order valence-electron chi connectivity index (χ1n) is 7.39. The van der Waals surface area contributed by atoms with Crippen molar-refractivity contribution in [3.05, 3.63) is 17.9 Å². The zero-order chi connectivity index (χ0) is 14.9. The molecule has 1 heterocycles. The van der Waals surface area contributed by atoms with Gasteiger partial charge in [-0.1, -0.05) is 13.8 Å². The van der Waals surface area contributed by atoms with E-state index in [1.165, 1.54) is 6.07 Å². The number of nitrogen functional groups attached to an aromatic ring is 1. The van der Waals surface area contributed by atoms with Crippen LogP contribution in [0.1, 0.15) is 34.1 Å². The summed E-state index contributed by atoms with van der Waals surface area (Å²) in [6.45, 7) is 10.2. The molecule has 20 heavy (non-hydrogen) atoms. The van der Waals surface area contributed by atoms with Crippen LogP contribution < -0.4 is 15.4 Å². The highest BCUT2D eigenvalue weighted by Gasteiger charge is 2.25. The van der Waals surface area contributed by atoms with Gasteiger partial charge in [0.2, 0.25) is 0 Å². The Morgan fingerprint density at radius 1 is 1.30 bits per heavy atom. The van der Waals surface area contributed by atoms with Gasteiger partial charge in [0.15, 0.2) is 11.6 Å². The summed E-state index contributed by atoms with van der Waals surface area (Å²) in [6.07, 6.45) is 1.08. The third-order valence-electron chi connectivity index (χ3n) is 4.12. The summed E-state index contributed by atoms with van der Waals surface area (Å²) in [5.74, 6) is 1.23. The Balaban J connectivity index is 2.27. The van der Waals surface area contributed by atoms with Crippen LogP contribution in [0.5, 0.6) is 5.75 Å². The van der Waals surface area contributed by atoms with E-state index in [-0.39, 0.29) is 11.9 Å². The number of rotatable bonds is 3. The SMILES string of the molecule is CC(C)Oc1cc(N2CCC(C)C(C)C2)c(N)cc1F. The molecule has 2 N–H and O–H groups in total. The number of halogens is 1. The van der Waals surface area contributed by atoms with Gasteiger partial charge in [0.25, 0.3) is 0 Å². The molecular weight excluding hydrogens is 255 g/mol. The Labute approximate surface area is 120 Å². The molecule has 0 spiro atoms. The van der Waals surface area contributed by atoms with Crippen LogP contribution >= 0.6 is 0 Å². The van der Waals surface area contributed by atoms with E-state index in [0.717, 1.165) is 31.1 Å². The Bertz CT molecular complexity index is 476. The molecule has 1 aromatic rings. The molecule has 0 aliphatic carbocycles. The number of benzene rings is 1. The topological polar surface area (TPSA) is 38.5 Å². The molecule has 112 valence electrons. The number of hydrogen-bond acceptors (Lipinski definition) is 3. The maximum absolute atomic E-state index is 13.9. The van der Waals surface area contributed by atoms with Gasteiger partial charge < -0.3 is 15.4 Å². The predicted octanol–water partition coefficient (Wildman–Crippen LogP) is 3.68. The minimum Gasteiger partial charge on any atom is -0.488 e. The van der Waals surface area contributed by atoms with Gasteiger partial charge >= 0.3 is 0 Å². The van der Waals surface area contributed by atoms with E-state index in [4.69, 9.17) is 10.5 Å². The second-order valence-electron chi connectivity index (χ2n) is 6.20. The summed E-state index contributed by atoms with van der Waals surface area (Å²) in [5.41, 5.74) is 7.37. The maximum Gasteiger partial charge on any atom is 0.167 e. The highest BCUT2D eigenvalue weighted by Crippen LogP contribution is 2.35. The molecule has 0 aromatic heterocycles. The van der Waals surface area contributed by atoms with Gasteiger partial charge in [-0.15, -0.1) is 0 Å². The second kappa shape index (κ2) is 5.90. The molecule has 3 nitrogen and oxygen atoms in total. The van der Waals surface area contributed by atoms with Crippen LogP contribution in [0.25, 0.3) is 0 Å². The minimum absolute atomic E-state index is 0.0544. The van der Waals surface area contributed by atoms with Crippen molar-refractivity contribution in [3.8, 4) is 5.75 Å². The molecule has 4 heteroatoms. The number of hydrogen-bond donors (Lipinski definition) is 1. The average molecular weight is 280 g/mol. The van der Waals surface area contributed by atoms with Crippen LogP contribution in [0.3, 0.4) is 0 Å². The molecule has 1 aliphatic heterocycles. The molecule has 2 rings (SSSR count). The largest absolute Gasteiger partial charge is 0.488 e.